The fraction of sp³-hybridized carbons (Fsp3) is 0.647. The van der Waals surface area contributed by atoms with Gasteiger partial charge in [-0.2, -0.15) is 0 Å². The second-order valence-corrected chi connectivity index (χ2v) is 13.7. The van der Waals surface area contributed by atoms with Gasteiger partial charge in [0.15, 0.2) is 5.78 Å². The minimum atomic E-state index is -0.801. The maximum Gasteiger partial charge on any atom is 0.243 e. The number of thiazole rings is 1. The molecule has 44 heavy (non-hydrogen) atoms. The molecule has 2 N–H and O–H groups in total. The van der Waals surface area contributed by atoms with Crippen molar-refractivity contribution in [3.63, 3.8) is 0 Å². The molecule has 1 saturated heterocycles. The van der Waals surface area contributed by atoms with E-state index in [-0.39, 0.29) is 43.6 Å². The maximum absolute atomic E-state index is 13.8. The van der Waals surface area contributed by atoms with Gasteiger partial charge in [-0.1, -0.05) is 71.2 Å². The smallest absolute Gasteiger partial charge is 0.243 e. The van der Waals surface area contributed by atoms with E-state index in [4.69, 9.17) is 9.47 Å². The Bertz CT molecular complexity index is 1190. The summed E-state index contributed by atoms with van der Waals surface area (Å²) in [5, 5.41) is 13.4. The van der Waals surface area contributed by atoms with Gasteiger partial charge in [-0.15, -0.1) is 11.3 Å². The molecule has 1 aromatic heterocycles. The number of carbonyl (C=O) groups is 3. The molecule has 0 unspecified atom stereocenters. The number of nitrogens with zero attached hydrogens (tertiary/aromatic N) is 2. The van der Waals surface area contributed by atoms with Crippen LogP contribution >= 0.6 is 11.3 Å². The Hall–Kier alpha value is -2.66. The second kappa shape index (κ2) is 17.7. The van der Waals surface area contributed by atoms with E-state index in [1.807, 2.05) is 57.5 Å². The Morgan fingerprint density at radius 3 is 2.43 bits per heavy atom. The van der Waals surface area contributed by atoms with E-state index >= 15 is 0 Å². The molecule has 1 aromatic carbocycles. The van der Waals surface area contributed by atoms with Crippen LogP contribution in [0, 0.1) is 18.3 Å². The molecule has 0 saturated carbocycles. The first-order valence-corrected chi connectivity index (χ1v) is 16.8. The molecule has 2 amide bonds. The van der Waals surface area contributed by atoms with Crippen LogP contribution in [0.3, 0.4) is 0 Å². The average Bonchev–Trinajstić information content (AvgIpc) is 3.60. The Kier molecular flexibility index (Phi) is 14.4. The van der Waals surface area contributed by atoms with Crippen molar-refractivity contribution in [1.29, 1.82) is 0 Å². The lowest BCUT2D eigenvalue weighted by atomic mass is 9.77. The number of aryl methyl sites for hydroxylation is 1. The molecule has 1 aliphatic rings. The molecule has 10 heteroatoms. The van der Waals surface area contributed by atoms with Crippen LogP contribution in [0.2, 0.25) is 0 Å². The average molecular weight is 630 g/mol. The van der Waals surface area contributed by atoms with Gasteiger partial charge in [-0.3, -0.25) is 14.4 Å². The van der Waals surface area contributed by atoms with E-state index in [9.17, 15) is 19.5 Å². The maximum atomic E-state index is 13.8. The van der Waals surface area contributed by atoms with E-state index in [2.05, 4.69) is 17.2 Å². The lowest BCUT2D eigenvalue weighted by Crippen LogP contribution is -2.50. The van der Waals surface area contributed by atoms with Crippen LogP contribution in [0.1, 0.15) is 83.9 Å². The van der Waals surface area contributed by atoms with Crippen LogP contribution in [0.4, 0.5) is 0 Å². The quantitative estimate of drug-likeness (QED) is 0.214. The third kappa shape index (κ3) is 11.1. The molecule has 1 aliphatic heterocycles. The lowest BCUT2D eigenvalue weighted by molar-refractivity contribution is -0.146. The summed E-state index contributed by atoms with van der Waals surface area (Å²) in [5.74, 6) is -1.40. The van der Waals surface area contributed by atoms with Gasteiger partial charge in [0.05, 0.1) is 22.2 Å². The van der Waals surface area contributed by atoms with Crippen molar-refractivity contribution in [3.05, 3.63) is 41.0 Å². The third-order valence-corrected chi connectivity index (χ3v) is 9.03. The van der Waals surface area contributed by atoms with Crippen molar-refractivity contribution < 1.29 is 29.0 Å². The summed E-state index contributed by atoms with van der Waals surface area (Å²) >= 11 is 1.59. The summed E-state index contributed by atoms with van der Waals surface area (Å²) in [7, 11) is 0. The number of unbranched alkanes of at least 4 members (excludes halogenated alkanes) is 3. The van der Waals surface area contributed by atoms with Gasteiger partial charge in [-0.05, 0) is 36.3 Å². The summed E-state index contributed by atoms with van der Waals surface area (Å²) < 4.78 is 11.2. The summed E-state index contributed by atoms with van der Waals surface area (Å²) in [4.78, 5) is 46.8. The monoisotopic (exact) mass is 629 g/mol. The van der Waals surface area contributed by atoms with Crippen LogP contribution in [-0.4, -0.2) is 77.7 Å². The van der Waals surface area contributed by atoms with Crippen LogP contribution in [0.5, 0.6) is 0 Å². The zero-order chi connectivity index (χ0) is 32.1. The first-order valence-electron chi connectivity index (χ1n) is 15.9. The number of aromatic nitrogens is 1. The fourth-order valence-corrected chi connectivity index (χ4v) is 6.21. The number of Topliss-reactive ketones (excluding diaryl/α,β-unsaturated/α-hetero) is 1. The van der Waals surface area contributed by atoms with Crippen LogP contribution in [-0.2, 0) is 30.4 Å². The summed E-state index contributed by atoms with van der Waals surface area (Å²) in [5.41, 5.74) is 4.29. The number of hydrogen-bond acceptors (Lipinski definition) is 8. The minimum Gasteiger partial charge on any atom is -0.391 e. The Balaban J connectivity index is 1.49. The van der Waals surface area contributed by atoms with Crippen molar-refractivity contribution in [2.45, 2.75) is 98.3 Å². The molecule has 0 aliphatic carbocycles. The van der Waals surface area contributed by atoms with Crippen molar-refractivity contribution in [2.24, 2.45) is 11.3 Å². The fourth-order valence-electron chi connectivity index (χ4n) is 5.40. The van der Waals surface area contributed by atoms with Gasteiger partial charge in [0.1, 0.15) is 12.6 Å². The van der Waals surface area contributed by atoms with E-state index in [1.54, 1.807) is 11.3 Å². The SMILES string of the molecule is CCCCCCOCCCOCC(=O)C[C@H](C(=O)N1C[C@H](O)C[C@H]1C(=O)NCc1ccc(-c2scnc2C)cc1)C(C)(C)C. The number of β-amino-alcohol motifs (C(OH)–C–C–N with tert-alkyl or cyclic N) is 1. The van der Waals surface area contributed by atoms with Gasteiger partial charge in [0.25, 0.3) is 0 Å². The van der Waals surface area contributed by atoms with Gasteiger partial charge in [0, 0.05) is 51.7 Å². The van der Waals surface area contributed by atoms with Crippen molar-refractivity contribution in [2.75, 3.05) is 33.0 Å². The Morgan fingerprint density at radius 2 is 1.77 bits per heavy atom. The van der Waals surface area contributed by atoms with Crippen molar-refractivity contribution in [3.8, 4) is 10.4 Å². The minimum absolute atomic E-state index is 0.0166. The second-order valence-electron chi connectivity index (χ2n) is 12.8. The molecule has 3 rings (SSSR count). The number of nitrogens with one attached hydrogen (secondary N) is 1. The number of hydrogen-bond donors (Lipinski definition) is 2. The predicted octanol–water partition coefficient (Wildman–Crippen LogP) is 5.32. The lowest BCUT2D eigenvalue weighted by Gasteiger charge is -2.34. The highest BCUT2D eigenvalue weighted by Crippen LogP contribution is 2.33. The normalized spacial score (nSPS) is 17.5. The number of benzene rings is 1. The standard InChI is InChI=1S/C34H51N3O6S/c1-6-7-8-9-15-42-16-10-17-43-22-28(39)18-29(34(3,4)5)33(41)37-21-27(38)19-30(37)32(40)35-20-25-11-13-26(14-12-25)31-24(2)36-23-44-31/h11-14,23,27,29-30,38H,6-10,15-22H2,1-5H3,(H,35,40)/t27-,29-,30+/m1/s1. The molecule has 9 nitrogen and oxygen atoms in total. The third-order valence-electron chi connectivity index (χ3n) is 8.05. The summed E-state index contributed by atoms with van der Waals surface area (Å²) in [6, 6.07) is 7.15. The van der Waals surface area contributed by atoms with E-state index in [0.29, 0.717) is 26.2 Å². The number of carbonyl (C=O) groups excluding carboxylic acids is 3. The van der Waals surface area contributed by atoms with Crippen molar-refractivity contribution >= 4 is 28.9 Å². The first-order chi connectivity index (χ1) is 21.0. The first kappa shape index (κ1) is 35.8. The van der Waals surface area contributed by atoms with Gasteiger partial charge in [0.2, 0.25) is 11.8 Å². The zero-order valence-corrected chi connectivity index (χ0v) is 27.9. The van der Waals surface area contributed by atoms with E-state index in [1.165, 1.54) is 24.2 Å². The molecule has 1 fully saturated rings. The van der Waals surface area contributed by atoms with Gasteiger partial charge in [-0.25, -0.2) is 4.98 Å². The van der Waals surface area contributed by atoms with E-state index < -0.39 is 23.5 Å². The Morgan fingerprint density at radius 1 is 1.07 bits per heavy atom. The molecule has 0 radical (unpaired) electrons. The molecule has 0 spiro atoms. The summed E-state index contributed by atoms with van der Waals surface area (Å²) in [6.07, 6.45) is 4.76. The number of aliphatic hydroxyl groups is 1. The highest BCUT2D eigenvalue weighted by atomic mass is 32.1. The highest BCUT2D eigenvalue weighted by molar-refractivity contribution is 7.13. The van der Waals surface area contributed by atoms with Crippen molar-refractivity contribution in [1.82, 2.24) is 15.2 Å². The van der Waals surface area contributed by atoms with Gasteiger partial charge < -0.3 is 24.8 Å². The topological polar surface area (TPSA) is 118 Å². The largest absolute Gasteiger partial charge is 0.391 e. The number of likely N-dealkylation sites (tertiary alicyclic amines) is 1. The van der Waals surface area contributed by atoms with Crippen LogP contribution in [0.25, 0.3) is 10.4 Å². The predicted molar refractivity (Wildman–Crippen MR) is 173 cm³/mol. The van der Waals surface area contributed by atoms with Gasteiger partial charge >= 0.3 is 0 Å². The molecule has 2 heterocycles. The molecule has 0 bridgehead atoms. The number of amides is 2. The Labute approximate surface area is 266 Å². The molecular formula is C34H51N3O6S. The molecule has 3 atom stereocenters. The highest BCUT2D eigenvalue weighted by Gasteiger charge is 2.44. The summed E-state index contributed by atoms with van der Waals surface area (Å²) in [6.45, 7) is 12.0. The number of ketones is 1. The molecule has 2 aromatic rings. The number of aliphatic hydroxyl groups excluding tert-OH is 1. The zero-order valence-electron chi connectivity index (χ0n) is 27.1. The molecule has 244 valence electrons. The number of ether oxygens (including phenoxy) is 2. The van der Waals surface area contributed by atoms with Crippen LogP contribution < -0.4 is 5.32 Å². The van der Waals surface area contributed by atoms with E-state index in [0.717, 1.165) is 34.7 Å². The van der Waals surface area contributed by atoms with Crippen LogP contribution in [0.15, 0.2) is 29.8 Å². The molecular weight excluding hydrogens is 578 g/mol. The number of rotatable bonds is 18.